The molecule has 6 aromatic heterocycles. The minimum absolute atomic E-state index is 0.580. The Bertz CT molecular complexity index is 1710. The number of thiophene rings is 1. The van der Waals surface area contributed by atoms with E-state index in [1.165, 1.54) is 12.8 Å². The van der Waals surface area contributed by atoms with Gasteiger partial charge in [-0.05, 0) is 54.5 Å². The first-order valence-electron chi connectivity index (χ1n) is 11.5. The van der Waals surface area contributed by atoms with Crippen molar-refractivity contribution in [2.24, 2.45) is 5.92 Å². The molecular formula is C27H21N7S. The van der Waals surface area contributed by atoms with Crippen LogP contribution >= 0.6 is 11.3 Å². The van der Waals surface area contributed by atoms with Gasteiger partial charge in [-0.3, -0.25) is 15.1 Å². The fraction of sp³-hybridized carbons (Fsp3) is 0.111. The summed E-state index contributed by atoms with van der Waals surface area (Å²) in [6.45, 7) is 4.16. The number of hydrogen-bond acceptors (Lipinski definition) is 6. The van der Waals surface area contributed by atoms with Crippen molar-refractivity contribution in [2.75, 3.05) is 5.32 Å². The average molecular weight is 476 g/mol. The number of nitrogens with one attached hydrogen (secondary N) is 3. The number of H-pyrrole nitrogens is 2. The summed E-state index contributed by atoms with van der Waals surface area (Å²) in [7, 11) is 0. The van der Waals surface area contributed by atoms with E-state index in [2.05, 4.69) is 77.1 Å². The molecule has 35 heavy (non-hydrogen) atoms. The number of fused-ring (bicyclic) bond motifs is 2. The van der Waals surface area contributed by atoms with Crippen LogP contribution in [-0.4, -0.2) is 30.1 Å². The summed E-state index contributed by atoms with van der Waals surface area (Å²) in [4.78, 5) is 17.2. The summed E-state index contributed by atoms with van der Waals surface area (Å²) in [5.41, 5.74) is 9.59. The van der Waals surface area contributed by atoms with Crippen LogP contribution in [0.15, 0.2) is 78.2 Å². The Morgan fingerprint density at radius 1 is 1.00 bits per heavy atom. The topological polar surface area (TPSA) is 95.2 Å². The summed E-state index contributed by atoms with van der Waals surface area (Å²) in [5, 5.41) is 17.2. The number of pyridine rings is 3. The van der Waals surface area contributed by atoms with Gasteiger partial charge in [0.15, 0.2) is 5.65 Å². The second-order valence-corrected chi connectivity index (χ2v) is 9.68. The summed E-state index contributed by atoms with van der Waals surface area (Å²) in [5.74, 6) is 0.580. The van der Waals surface area contributed by atoms with Crippen molar-refractivity contribution in [1.29, 1.82) is 0 Å². The van der Waals surface area contributed by atoms with Gasteiger partial charge in [0.25, 0.3) is 0 Å². The number of nitrogens with zero attached hydrogens (tertiary/aromatic N) is 4. The minimum atomic E-state index is 0.580. The van der Waals surface area contributed by atoms with Gasteiger partial charge in [-0.1, -0.05) is 6.58 Å². The molecule has 1 aliphatic carbocycles. The van der Waals surface area contributed by atoms with Gasteiger partial charge in [0.2, 0.25) is 0 Å². The molecule has 0 aliphatic heterocycles. The number of rotatable bonds is 6. The lowest BCUT2D eigenvalue weighted by Crippen LogP contribution is -2.00. The van der Waals surface area contributed by atoms with E-state index >= 15 is 0 Å². The first-order chi connectivity index (χ1) is 17.2. The van der Waals surface area contributed by atoms with Crippen LogP contribution in [0.25, 0.3) is 55.7 Å². The number of anilines is 1. The van der Waals surface area contributed by atoms with Gasteiger partial charge in [0.1, 0.15) is 0 Å². The van der Waals surface area contributed by atoms with Gasteiger partial charge >= 0.3 is 0 Å². The Balaban J connectivity index is 1.29. The maximum Gasteiger partial charge on any atom is 0.181 e. The maximum absolute atomic E-state index is 4.63. The van der Waals surface area contributed by atoms with E-state index in [9.17, 15) is 0 Å². The van der Waals surface area contributed by atoms with Crippen molar-refractivity contribution in [3.63, 3.8) is 0 Å². The Morgan fingerprint density at radius 3 is 2.77 bits per heavy atom. The molecule has 6 aromatic rings. The molecule has 0 aromatic carbocycles. The molecule has 1 aliphatic rings. The standard InChI is InChI=1S/C27H21N7S/c1-15(16-2-3-16)31-20-8-18(11-28-13-20)19-9-22-26(33-34-27(22)30-12-19)24-10-21-23(32-24)4-6-29-25(21)17-5-7-35-14-17/h4-14,16,31-32H,1-3H2,(H,30,33,34). The molecular weight excluding hydrogens is 454 g/mol. The van der Waals surface area contributed by atoms with Crippen LogP contribution in [0.4, 0.5) is 5.69 Å². The number of allylic oxidation sites excluding steroid dienone is 1. The minimum Gasteiger partial charge on any atom is -0.358 e. The molecule has 0 bridgehead atoms. The number of aromatic amines is 2. The van der Waals surface area contributed by atoms with Crippen molar-refractivity contribution >= 4 is 39.0 Å². The summed E-state index contributed by atoms with van der Waals surface area (Å²) >= 11 is 1.67. The number of aromatic nitrogens is 6. The molecule has 0 saturated heterocycles. The summed E-state index contributed by atoms with van der Waals surface area (Å²) in [6, 6.07) is 10.4. The molecule has 3 N–H and O–H groups in total. The fourth-order valence-electron chi connectivity index (χ4n) is 4.47. The Kier molecular flexibility index (Phi) is 4.53. The van der Waals surface area contributed by atoms with Crippen LogP contribution in [-0.2, 0) is 0 Å². The quantitative estimate of drug-likeness (QED) is 0.251. The lowest BCUT2D eigenvalue weighted by molar-refractivity contribution is 1.02. The van der Waals surface area contributed by atoms with Crippen molar-refractivity contribution in [2.45, 2.75) is 12.8 Å². The third-order valence-electron chi connectivity index (χ3n) is 6.47. The van der Waals surface area contributed by atoms with E-state index in [0.29, 0.717) is 11.6 Å². The summed E-state index contributed by atoms with van der Waals surface area (Å²) < 4.78 is 0. The van der Waals surface area contributed by atoms with Crippen LogP contribution in [0.2, 0.25) is 0 Å². The second-order valence-electron chi connectivity index (χ2n) is 8.90. The van der Waals surface area contributed by atoms with Crippen LogP contribution < -0.4 is 5.32 Å². The third kappa shape index (κ3) is 3.59. The monoisotopic (exact) mass is 475 g/mol. The Hall–Kier alpha value is -4.30. The Labute approximate surface area is 205 Å². The highest BCUT2D eigenvalue weighted by Gasteiger charge is 2.24. The van der Waals surface area contributed by atoms with E-state index in [-0.39, 0.29) is 0 Å². The van der Waals surface area contributed by atoms with Crippen molar-refractivity contribution in [3.8, 4) is 33.8 Å². The highest BCUT2D eigenvalue weighted by Crippen LogP contribution is 2.37. The SMILES string of the molecule is C=C(Nc1cncc(-c2cnc3n[nH]c(-c4cc5c(-c6ccsc6)nccc5[nH]4)c3c2)c1)C1CC1. The fourth-order valence-corrected chi connectivity index (χ4v) is 5.11. The average Bonchev–Trinajstić information content (AvgIpc) is 3.26. The smallest absolute Gasteiger partial charge is 0.181 e. The molecule has 7 nitrogen and oxygen atoms in total. The van der Waals surface area contributed by atoms with Gasteiger partial charge < -0.3 is 10.3 Å². The molecule has 0 atom stereocenters. The zero-order chi connectivity index (χ0) is 23.4. The third-order valence-corrected chi connectivity index (χ3v) is 7.15. The molecule has 0 radical (unpaired) electrons. The zero-order valence-corrected chi connectivity index (χ0v) is 19.6. The van der Waals surface area contributed by atoms with E-state index in [1.54, 1.807) is 11.3 Å². The lowest BCUT2D eigenvalue weighted by atomic mass is 10.1. The first kappa shape index (κ1) is 20.1. The maximum atomic E-state index is 4.63. The van der Waals surface area contributed by atoms with Crippen LogP contribution in [0.1, 0.15) is 12.8 Å². The molecule has 0 spiro atoms. The van der Waals surface area contributed by atoms with Gasteiger partial charge in [-0.25, -0.2) is 4.98 Å². The molecule has 6 heterocycles. The van der Waals surface area contributed by atoms with E-state index < -0.39 is 0 Å². The predicted octanol–water partition coefficient (Wildman–Crippen LogP) is 6.63. The molecule has 170 valence electrons. The van der Waals surface area contributed by atoms with E-state index in [1.807, 2.05) is 30.9 Å². The van der Waals surface area contributed by atoms with Crippen LogP contribution in [0.3, 0.4) is 0 Å². The molecule has 8 heteroatoms. The van der Waals surface area contributed by atoms with Crippen molar-refractivity contribution in [3.05, 3.63) is 78.2 Å². The second kappa shape index (κ2) is 7.89. The summed E-state index contributed by atoms with van der Waals surface area (Å²) in [6.07, 6.45) is 9.79. The molecule has 0 unspecified atom stereocenters. The highest BCUT2D eigenvalue weighted by molar-refractivity contribution is 7.08. The number of hydrogen-bond donors (Lipinski definition) is 3. The molecule has 7 rings (SSSR count). The van der Waals surface area contributed by atoms with E-state index in [4.69, 9.17) is 0 Å². The zero-order valence-electron chi connectivity index (χ0n) is 18.7. The molecule has 1 fully saturated rings. The van der Waals surface area contributed by atoms with Crippen LogP contribution in [0, 0.1) is 5.92 Å². The van der Waals surface area contributed by atoms with Gasteiger partial charge in [0.05, 0.1) is 29.0 Å². The predicted molar refractivity (Wildman–Crippen MR) is 141 cm³/mol. The first-order valence-corrected chi connectivity index (χ1v) is 12.4. The highest BCUT2D eigenvalue weighted by atomic mass is 32.1. The van der Waals surface area contributed by atoms with Crippen LogP contribution in [0.5, 0.6) is 0 Å². The van der Waals surface area contributed by atoms with Gasteiger partial charge in [0, 0.05) is 62.6 Å². The van der Waals surface area contributed by atoms with Gasteiger partial charge in [-0.15, -0.1) is 0 Å². The van der Waals surface area contributed by atoms with Gasteiger partial charge in [-0.2, -0.15) is 16.4 Å². The largest absolute Gasteiger partial charge is 0.358 e. The normalized spacial score (nSPS) is 13.5. The van der Waals surface area contributed by atoms with E-state index in [0.717, 1.165) is 61.4 Å². The molecule has 1 saturated carbocycles. The van der Waals surface area contributed by atoms with Crippen molar-refractivity contribution in [1.82, 2.24) is 30.1 Å². The molecule has 0 amide bonds. The van der Waals surface area contributed by atoms with Crippen molar-refractivity contribution < 1.29 is 0 Å². The Morgan fingerprint density at radius 2 is 1.91 bits per heavy atom. The lowest BCUT2D eigenvalue weighted by Gasteiger charge is -2.09.